The number of aromatic amines is 1. The van der Waals surface area contributed by atoms with Crippen molar-refractivity contribution in [1.29, 1.82) is 0 Å². The van der Waals surface area contributed by atoms with Crippen molar-refractivity contribution in [2.24, 2.45) is 0 Å². The molecule has 5 aromatic rings. The van der Waals surface area contributed by atoms with E-state index in [1.807, 2.05) is 19.1 Å². The molecule has 0 fully saturated rings. The summed E-state index contributed by atoms with van der Waals surface area (Å²) >= 11 is 7.42. The molecule has 3 heterocycles. The Labute approximate surface area is 190 Å². The number of rotatable bonds is 5. The standard InChI is InChI=1S/C22H15ClFN5O2S/c1-12-18(25-21(31-12)14-3-2-4-15(23)9-14)11-32-22-27-26-20(30)19-10-17(28-29(19)22)13-5-7-16(24)8-6-13/h2-10H,11H2,1H3,(H,26,30). The normalized spacial score (nSPS) is 11.3. The number of thioether (sulfide) groups is 1. The van der Waals surface area contributed by atoms with Gasteiger partial charge in [0.1, 0.15) is 17.1 Å². The van der Waals surface area contributed by atoms with Crippen LogP contribution in [0.5, 0.6) is 0 Å². The maximum atomic E-state index is 13.2. The number of benzene rings is 2. The molecule has 0 radical (unpaired) electrons. The van der Waals surface area contributed by atoms with E-state index in [0.717, 1.165) is 11.3 Å². The van der Waals surface area contributed by atoms with Gasteiger partial charge in [-0.3, -0.25) is 4.79 Å². The lowest BCUT2D eigenvalue weighted by Gasteiger charge is -2.01. The summed E-state index contributed by atoms with van der Waals surface area (Å²) < 4.78 is 20.5. The number of oxazole rings is 1. The first-order valence-corrected chi connectivity index (χ1v) is 10.9. The molecule has 32 heavy (non-hydrogen) atoms. The van der Waals surface area contributed by atoms with Crippen molar-refractivity contribution in [2.45, 2.75) is 17.8 Å². The molecule has 0 saturated heterocycles. The Balaban J connectivity index is 1.44. The number of nitrogens with zero attached hydrogens (tertiary/aromatic N) is 4. The third-order valence-corrected chi connectivity index (χ3v) is 5.99. The van der Waals surface area contributed by atoms with Gasteiger partial charge in [-0.25, -0.2) is 19.0 Å². The first-order chi connectivity index (χ1) is 15.5. The van der Waals surface area contributed by atoms with E-state index in [1.54, 1.807) is 30.3 Å². The van der Waals surface area contributed by atoms with Gasteiger partial charge in [-0.05, 0) is 55.5 Å². The first kappa shape index (κ1) is 20.5. The van der Waals surface area contributed by atoms with Crippen LogP contribution in [0.25, 0.3) is 28.2 Å². The van der Waals surface area contributed by atoms with Crippen molar-refractivity contribution in [3.63, 3.8) is 0 Å². The highest BCUT2D eigenvalue weighted by Gasteiger charge is 2.16. The SMILES string of the molecule is Cc1oc(-c2cccc(Cl)c2)nc1CSc1n[nH]c(=O)c2cc(-c3ccc(F)cc3)nn12. The second-order valence-electron chi connectivity index (χ2n) is 6.99. The van der Waals surface area contributed by atoms with E-state index < -0.39 is 0 Å². The van der Waals surface area contributed by atoms with Crippen LogP contribution in [0.4, 0.5) is 4.39 Å². The Morgan fingerprint density at radius 2 is 1.97 bits per heavy atom. The van der Waals surface area contributed by atoms with Gasteiger partial charge in [-0.1, -0.05) is 29.4 Å². The summed E-state index contributed by atoms with van der Waals surface area (Å²) in [5.74, 6) is 1.28. The predicted molar refractivity (Wildman–Crippen MR) is 120 cm³/mol. The van der Waals surface area contributed by atoms with Gasteiger partial charge in [0.2, 0.25) is 11.0 Å². The molecule has 0 unspecified atom stereocenters. The molecule has 0 amide bonds. The van der Waals surface area contributed by atoms with E-state index in [-0.39, 0.29) is 11.4 Å². The summed E-state index contributed by atoms with van der Waals surface area (Å²) in [5, 5.41) is 12.2. The molecule has 3 aromatic heterocycles. The summed E-state index contributed by atoms with van der Waals surface area (Å²) in [7, 11) is 0. The predicted octanol–water partition coefficient (Wildman–Crippen LogP) is 5.13. The molecule has 0 aliphatic carbocycles. The molecular formula is C22H15ClFN5O2S. The van der Waals surface area contributed by atoms with Crippen molar-refractivity contribution >= 4 is 28.9 Å². The molecule has 0 aliphatic heterocycles. The molecule has 0 spiro atoms. The van der Waals surface area contributed by atoms with Gasteiger partial charge in [0.05, 0.1) is 11.4 Å². The molecule has 0 atom stereocenters. The van der Waals surface area contributed by atoms with Crippen molar-refractivity contribution in [1.82, 2.24) is 24.8 Å². The number of hydrogen-bond donors (Lipinski definition) is 1. The van der Waals surface area contributed by atoms with Crippen LogP contribution in [0, 0.1) is 12.7 Å². The number of aryl methyl sites for hydroxylation is 1. The molecule has 2 aromatic carbocycles. The van der Waals surface area contributed by atoms with Crippen LogP contribution in [-0.2, 0) is 5.75 Å². The van der Waals surface area contributed by atoms with Gasteiger partial charge in [0.15, 0.2) is 0 Å². The molecule has 5 rings (SSSR count). The summed E-state index contributed by atoms with van der Waals surface area (Å²) in [6, 6.07) is 14.9. The van der Waals surface area contributed by atoms with Gasteiger partial charge in [0, 0.05) is 21.9 Å². The molecular weight excluding hydrogens is 453 g/mol. The van der Waals surface area contributed by atoms with Crippen molar-refractivity contribution in [2.75, 3.05) is 0 Å². The van der Waals surface area contributed by atoms with Gasteiger partial charge >= 0.3 is 0 Å². The number of hydrogen-bond acceptors (Lipinski definition) is 6. The fourth-order valence-corrected chi connectivity index (χ4v) is 4.28. The van der Waals surface area contributed by atoms with Crippen molar-refractivity contribution in [3.8, 4) is 22.7 Å². The smallest absolute Gasteiger partial charge is 0.290 e. The van der Waals surface area contributed by atoms with Gasteiger partial charge in [-0.15, -0.1) is 5.10 Å². The van der Waals surface area contributed by atoms with E-state index in [2.05, 4.69) is 20.3 Å². The Morgan fingerprint density at radius 3 is 2.75 bits per heavy atom. The lowest BCUT2D eigenvalue weighted by Crippen LogP contribution is -2.13. The lowest BCUT2D eigenvalue weighted by atomic mass is 10.1. The number of H-pyrrole nitrogens is 1. The van der Waals surface area contributed by atoms with Gasteiger partial charge < -0.3 is 4.42 Å². The monoisotopic (exact) mass is 467 g/mol. The Bertz CT molecular complexity index is 1490. The van der Waals surface area contributed by atoms with Crippen LogP contribution in [-0.4, -0.2) is 24.8 Å². The van der Waals surface area contributed by atoms with Crippen molar-refractivity contribution < 1.29 is 8.81 Å². The fourth-order valence-electron chi connectivity index (χ4n) is 3.19. The van der Waals surface area contributed by atoms with Crippen LogP contribution in [0.15, 0.2) is 69.0 Å². The quantitative estimate of drug-likeness (QED) is 0.360. The van der Waals surface area contributed by atoms with Crippen LogP contribution < -0.4 is 5.56 Å². The van der Waals surface area contributed by atoms with Crippen LogP contribution >= 0.6 is 23.4 Å². The Morgan fingerprint density at radius 1 is 1.16 bits per heavy atom. The van der Waals surface area contributed by atoms with Gasteiger partial charge in [-0.2, -0.15) is 5.10 Å². The Kier molecular flexibility index (Phi) is 5.28. The summed E-state index contributed by atoms with van der Waals surface area (Å²) in [4.78, 5) is 16.8. The molecule has 0 saturated carbocycles. The number of halogens is 2. The number of nitrogens with one attached hydrogen (secondary N) is 1. The van der Waals surface area contributed by atoms with E-state index in [0.29, 0.717) is 44.4 Å². The summed E-state index contributed by atoms with van der Waals surface area (Å²) in [6.07, 6.45) is 0. The second kappa shape index (κ2) is 8.25. The maximum Gasteiger partial charge on any atom is 0.290 e. The highest BCUT2D eigenvalue weighted by atomic mass is 35.5. The molecule has 1 N–H and O–H groups in total. The van der Waals surface area contributed by atoms with Crippen LogP contribution in [0.1, 0.15) is 11.5 Å². The molecule has 160 valence electrons. The molecule has 0 bridgehead atoms. The largest absolute Gasteiger partial charge is 0.441 e. The third-order valence-electron chi connectivity index (χ3n) is 4.82. The summed E-state index contributed by atoms with van der Waals surface area (Å²) in [6.45, 7) is 1.84. The van der Waals surface area contributed by atoms with Crippen molar-refractivity contribution in [3.05, 3.63) is 87.2 Å². The lowest BCUT2D eigenvalue weighted by molar-refractivity contribution is 0.540. The Hall–Kier alpha value is -3.43. The third kappa shape index (κ3) is 3.92. The fraction of sp³-hybridized carbons (Fsp3) is 0.0909. The highest BCUT2D eigenvalue weighted by Crippen LogP contribution is 2.28. The van der Waals surface area contributed by atoms with Crippen LogP contribution in [0.2, 0.25) is 5.02 Å². The second-order valence-corrected chi connectivity index (χ2v) is 8.37. The average molecular weight is 468 g/mol. The molecule has 0 aliphatic rings. The minimum Gasteiger partial charge on any atom is -0.441 e. The minimum absolute atomic E-state index is 0.339. The molecule has 10 heteroatoms. The first-order valence-electron chi connectivity index (χ1n) is 9.57. The average Bonchev–Trinajstić information content (AvgIpc) is 3.39. The molecule has 7 nitrogen and oxygen atoms in total. The van der Waals surface area contributed by atoms with E-state index in [4.69, 9.17) is 16.0 Å². The van der Waals surface area contributed by atoms with Crippen LogP contribution in [0.3, 0.4) is 0 Å². The minimum atomic E-state index is -0.365. The number of fused-ring (bicyclic) bond motifs is 1. The maximum absolute atomic E-state index is 13.2. The summed E-state index contributed by atoms with van der Waals surface area (Å²) in [5.41, 5.74) is 2.76. The van der Waals surface area contributed by atoms with Gasteiger partial charge in [0.25, 0.3) is 5.56 Å². The van der Waals surface area contributed by atoms with E-state index in [1.165, 1.54) is 28.4 Å². The topological polar surface area (TPSA) is 89.1 Å². The number of aromatic nitrogens is 5. The van der Waals surface area contributed by atoms with E-state index >= 15 is 0 Å². The van der Waals surface area contributed by atoms with E-state index in [9.17, 15) is 9.18 Å². The highest BCUT2D eigenvalue weighted by molar-refractivity contribution is 7.98. The zero-order chi connectivity index (χ0) is 22.2. The zero-order valence-corrected chi connectivity index (χ0v) is 18.2. The zero-order valence-electron chi connectivity index (χ0n) is 16.7.